The molecule has 4 aromatic carbocycles. The lowest BCUT2D eigenvalue weighted by atomic mass is 10.0. The molecule has 2 atom stereocenters. The van der Waals surface area contributed by atoms with Gasteiger partial charge in [-0.05, 0) is 155 Å². The van der Waals surface area contributed by atoms with Gasteiger partial charge in [0.25, 0.3) is 11.8 Å². The van der Waals surface area contributed by atoms with Crippen molar-refractivity contribution < 1.29 is 19.1 Å². The van der Waals surface area contributed by atoms with Crippen LogP contribution in [0.1, 0.15) is 108 Å². The van der Waals surface area contributed by atoms with Crippen LogP contribution < -0.4 is 20.4 Å². The Morgan fingerprint density at radius 3 is 1.59 bits per heavy atom. The number of hydrogen-bond donors (Lipinski definition) is 2. The fourth-order valence-electron chi connectivity index (χ4n) is 7.29. The van der Waals surface area contributed by atoms with Gasteiger partial charge in [-0.2, -0.15) is 0 Å². The molecule has 0 radical (unpaired) electrons. The smallest absolute Gasteiger partial charge is 0.330 e. The van der Waals surface area contributed by atoms with E-state index in [0.29, 0.717) is 12.2 Å². The van der Waals surface area contributed by atoms with Gasteiger partial charge in [-0.3, -0.25) is 9.59 Å². The molecule has 0 saturated carbocycles. The SMILES string of the molecule is CCN(CC)c1ccc(C(=O)NC2CCc3cc(Br)ccc32)cc1.CCOC(=O)/C=C/c1ccc2c(c1)CCC2NC(=O)c1ccc(N(CC)CC)cc1. The average molecular weight is 794 g/mol. The molecule has 2 aliphatic carbocycles. The summed E-state index contributed by atoms with van der Waals surface area (Å²) in [5, 5.41) is 6.35. The second kappa shape index (κ2) is 19.4. The quantitative estimate of drug-likeness (QED) is 0.104. The second-order valence-electron chi connectivity index (χ2n) is 13.5. The number of esters is 1. The summed E-state index contributed by atoms with van der Waals surface area (Å²) >= 11 is 3.51. The predicted octanol–water partition coefficient (Wildman–Crippen LogP) is 9.24. The van der Waals surface area contributed by atoms with Gasteiger partial charge in [-0.15, -0.1) is 0 Å². The summed E-state index contributed by atoms with van der Waals surface area (Å²) in [4.78, 5) is 41.3. The van der Waals surface area contributed by atoms with E-state index in [1.165, 1.54) is 22.8 Å². The van der Waals surface area contributed by atoms with Crippen LogP contribution in [0.3, 0.4) is 0 Å². The van der Waals surface area contributed by atoms with Gasteiger partial charge in [-0.1, -0.05) is 40.2 Å². The lowest BCUT2D eigenvalue weighted by molar-refractivity contribution is -0.137. The Hall–Kier alpha value is -4.89. The molecule has 0 fully saturated rings. The van der Waals surface area contributed by atoms with E-state index in [1.807, 2.05) is 66.7 Å². The monoisotopic (exact) mass is 792 g/mol. The van der Waals surface area contributed by atoms with E-state index >= 15 is 0 Å². The summed E-state index contributed by atoms with van der Waals surface area (Å²) in [5.74, 6) is -0.387. The summed E-state index contributed by atoms with van der Waals surface area (Å²) in [7, 11) is 0. The van der Waals surface area contributed by atoms with Crippen molar-refractivity contribution in [2.24, 2.45) is 0 Å². The van der Waals surface area contributed by atoms with Gasteiger partial charge in [0.05, 0.1) is 18.7 Å². The van der Waals surface area contributed by atoms with E-state index in [9.17, 15) is 14.4 Å². The molecule has 8 nitrogen and oxygen atoms in total. The number of halogens is 1. The molecule has 0 spiro atoms. The number of aryl methyl sites for hydroxylation is 2. The number of anilines is 2. The van der Waals surface area contributed by atoms with Crippen molar-refractivity contribution in [2.75, 3.05) is 42.6 Å². The Bertz CT molecular complexity index is 1920. The standard InChI is InChI=1S/C25H30N2O3.C20H23BrN2O/c1-4-27(5-2)21-12-9-19(10-13-21)25(29)26-23-15-11-20-17-18(7-14-22(20)23)8-16-24(28)30-6-3;1-3-23(4-2)17-9-5-14(6-10-17)20(24)22-19-12-7-15-13-16(21)8-11-18(15)19/h7-10,12-14,16-17,23H,4-6,11,15H2,1-3H3,(H,26,29);5-6,8-11,13,19H,3-4,7,12H2,1-2H3,(H,22,24)/b16-8+;. The van der Waals surface area contributed by atoms with Crippen LogP contribution in [0.5, 0.6) is 0 Å². The molecule has 0 aromatic heterocycles. The number of carbonyl (C=O) groups is 3. The van der Waals surface area contributed by atoms with Gasteiger partial charge >= 0.3 is 5.97 Å². The highest BCUT2D eigenvalue weighted by Gasteiger charge is 2.26. The van der Waals surface area contributed by atoms with Crippen LogP contribution in [0, 0.1) is 0 Å². The first-order valence-corrected chi connectivity index (χ1v) is 20.0. The first kappa shape index (κ1) is 40.3. The zero-order valence-electron chi connectivity index (χ0n) is 32.2. The third-order valence-corrected chi connectivity index (χ3v) is 10.7. The van der Waals surface area contributed by atoms with Crippen molar-refractivity contribution in [2.45, 2.75) is 72.4 Å². The molecule has 6 rings (SSSR count). The number of amides is 2. The van der Waals surface area contributed by atoms with Crippen LogP contribution in [-0.4, -0.2) is 50.6 Å². The first-order valence-electron chi connectivity index (χ1n) is 19.2. The number of nitrogens with zero attached hydrogens (tertiary/aromatic N) is 2. The summed E-state index contributed by atoms with van der Waals surface area (Å²) in [6.07, 6.45) is 6.98. The molecule has 0 aliphatic heterocycles. The molecule has 2 amide bonds. The lowest BCUT2D eigenvalue weighted by Gasteiger charge is -2.21. The maximum absolute atomic E-state index is 12.7. The molecule has 2 aliphatic rings. The zero-order valence-corrected chi connectivity index (χ0v) is 33.7. The van der Waals surface area contributed by atoms with Crippen molar-refractivity contribution in [3.05, 3.63) is 134 Å². The van der Waals surface area contributed by atoms with Gasteiger partial charge in [0, 0.05) is 59.2 Å². The molecule has 2 N–H and O–H groups in total. The van der Waals surface area contributed by atoms with Gasteiger partial charge in [0.15, 0.2) is 0 Å². The largest absolute Gasteiger partial charge is 0.463 e. The highest BCUT2D eigenvalue weighted by Crippen LogP contribution is 2.34. The number of carbonyl (C=O) groups excluding carboxylic acids is 3. The Morgan fingerprint density at radius 2 is 1.13 bits per heavy atom. The normalized spacial score (nSPS) is 15.4. The minimum atomic E-state index is -0.338. The van der Waals surface area contributed by atoms with Gasteiger partial charge < -0.3 is 25.2 Å². The second-order valence-corrected chi connectivity index (χ2v) is 14.4. The molecule has 284 valence electrons. The van der Waals surface area contributed by atoms with E-state index in [4.69, 9.17) is 4.74 Å². The molecule has 54 heavy (non-hydrogen) atoms. The highest BCUT2D eigenvalue weighted by atomic mass is 79.9. The summed E-state index contributed by atoms with van der Waals surface area (Å²) in [6.45, 7) is 14.5. The van der Waals surface area contributed by atoms with E-state index in [2.05, 4.69) is 82.3 Å². The maximum atomic E-state index is 12.7. The third kappa shape index (κ3) is 10.2. The minimum absolute atomic E-state index is 0.00173. The van der Waals surface area contributed by atoms with Crippen molar-refractivity contribution in [1.29, 1.82) is 0 Å². The van der Waals surface area contributed by atoms with E-state index in [0.717, 1.165) is 84.4 Å². The Morgan fingerprint density at radius 1 is 0.667 bits per heavy atom. The number of hydrogen-bond acceptors (Lipinski definition) is 6. The van der Waals surface area contributed by atoms with Crippen LogP contribution in [0.15, 0.2) is 95.5 Å². The van der Waals surface area contributed by atoms with Crippen LogP contribution >= 0.6 is 15.9 Å². The van der Waals surface area contributed by atoms with Crippen molar-refractivity contribution in [1.82, 2.24) is 10.6 Å². The summed E-state index contributed by atoms with van der Waals surface area (Å²) < 4.78 is 6.01. The first-order chi connectivity index (χ1) is 26.2. The van der Waals surface area contributed by atoms with E-state index in [-0.39, 0.29) is 29.9 Å². The highest BCUT2D eigenvalue weighted by molar-refractivity contribution is 9.10. The topological polar surface area (TPSA) is 91.0 Å². The van der Waals surface area contributed by atoms with Crippen LogP contribution in [0.2, 0.25) is 0 Å². The molecule has 0 saturated heterocycles. The van der Waals surface area contributed by atoms with Crippen molar-refractivity contribution in [3.63, 3.8) is 0 Å². The van der Waals surface area contributed by atoms with E-state index < -0.39 is 0 Å². The van der Waals surface area contributed by atoms with Crippen LogP contribution in [-0.2, 0) is 22.4 Å². The fraction of sp³-hybridized carbons (Fsp3) is 0.356. The zero-order chi connectivity index (χ0) is 38.6. The number of nitrogens with one attached hydrogen (secondary N) is 2. The molecule has 0 heterocycles. The summed E-state index contributed by atoms with van der Waals surface area (Å²) in [5.41, 5.74) is 9.57. The molecule has 2 unspecified atom stereocenters. The number of benzene rings is 4. The molecular weight excluding hydrogens is 740 g/mol. The average Bonchev–Trinajstić information content (AvgIpc) is 3.78. The Kier molecular flexibility index (Phi) is 14.5. The molecule has 0 bridgehead atoms. The van der Waals surface area contributed by atoms with Crippen molar-refractivity contribution >= 4 is 51.2 Å². The number of fused-ring (bicyclic) bond motifs is 2. The third-order valence-electron chi connectivity index (χ3n) is 10.3. The molecule has 4 aromatic rings. The van der Waals surface area contributed by atoms with Gasteiger partial charge in [0.1, 0.15) is 0 Å². The van der Waals surface area contributed by atoms with E-state index in [1.54, 1.807) is 13.0 Å². The fourth-order valence-corrected chi connectivity index (χ4v) is 7.70. The number of ether oxygens (including phenoxy) is 1. The molecule has 9 heteroatoms. The Labute approximate surface area is 329 Å². The molecular formula is C45H53BrN4O4. The minimum Gasteiger partial charge on any atom is -0.463 e. The van der Waals surface area contributed by atoms with Crippen LogP contribution in [0.4, 0.5) is 11.4 Å². The predicted molar refractivity (Wildman–Crippen MR) is 223 cm³/mol. The Balaban J connectivity index is 0.000000213. The number of rotatable bonds is 13. The van der Waals surface area contributed by atoms with Gasteiger partial charge in [-0.25, -0.2) is 4.79 Å². The van der Waals surface area contributed by atoms with Crippen LogP contribution in [0.25, 0.3) is 6.08 Å². The maximum Gasteiger partial charge on any atom is 0.330 e. The van der Waals surface area contributed by atoms with Crippen molar-refractivity contribution in [3.8, 4) is 0 Å². The lowest BCUT2D eigenvalue weighted by Crippen LogP contribution is -2.27. The van der Waals surface area contributed by atoms with Gasteiger partial charge in [0.2, 0.25) is 0 Å². The summed E-state index contributed by atoms with van der Waals surface area (Å²) in [6, 6.07) is 28.2.